The van der Waals surface area contributed by atoms with Crippen LogP contribution >= 0.6 is 23.4 Å². The molecule has 4 heteroatoms. The molecule has 1 saturated heterocycles. The van der Waals surface area contributed by atoms with E-state index in [0.717, 1.165) is 17.0 Å². The Morgan fingerprint density at radius 1 is 1.37 bits per heavy atom. The number of rotatable bonds is 5. The van der Waals surface area contributed by atoms with Gasteiger partial charge >= 0.3 is 5.97 Å². The zero-order chi connectivity index (χ0) is 13.7. The lowest BCUT2D eigenvalue weighted by atomic mass is 9.92. The van der Waals surface area contributed by atoms with Gasteiger partial charge in [-0.1, -0.05) is 23.7 Å². The predicted octanol–water partition coefficient (Wildman–Crippen LogP) is 4.36. The van der Waals surface area contributed by atoms with Crippen molar-refractivity contribution in [2.45, 2.75) is 38.0 Å². The van der Waals surface area contributed by atoms with Crippen LogP contribution in [0.25, 0.3) is 0 Å². The van der Waals surface area contributed by atoms with E-state index < -0.39 is 5.97 Å². The normalized spacial score (nSPS) is 16.5. The number of hydrogen-bond acceptors (Lipinski definition) is 2. The molecule has 0 aliphatic carbocycles. The van der Waals surface area contributed by atoms with Crippen LogP contribution in [-0.2, 0) is 11.2 Å². The second-order valence-corrected chi connectivity index (χ2v) is 6.62. The molecule has 0 saturated carbocycles. The average molecular weight is 299 g/mol. The van der Waals surface area contributed by atoms with E-state index >= 15 is 0 Å². The number of carbonyl (C=O) groups is 1. The summed E-state index contributed by atoms with van der Waals surface area (Å²) in [6.07, 6.45) is 4.10. The molecule has 0 amide bonds. The van der Waals surface area contributed by atoms with Crippen LogP contribution < -0.4 is 0 Å². The van der Waals surface area contributed by atoms with Gasteiger partial charge in [0.1, 0.15) is 0 Å². The lowest BCUT2D eigenvalue weighted by Gasteiger charge is -2.23. The summed E-state index contributed by atoms with van der Waals surface area (Å²) in [6, 6.07) is 6.25. The number of aliphatic carboxylic acids is 1. The van der Waals surface area contributed by atoms with E-state index in [9.17, 15) is 4.79 Å². The fraction of sp³-hybridized carbons (Fsp3) is 0.533. The highest BCUT2D eigenvalue weighted by molar-refractivity contribution is 7.99. The molecule has 19 heavy (non-hydrogen) atoms. The SMILES string of the molecule is O=C(O)CCCc1ccc(C2CCSCC2)c(Cl)c1. The van der Waals surface area contributed by atoms with Gasteiger partial charge in [0, 0.05) is 11.4 Å². The molecule has 1 fully saturated rings. The third-order valence-electron chi connectivity index (χ3n) is 3.58. The molecule has 0 atom stereocenters. The maximum Gasteiger partial charge on any atom is 0.303 e. The zero-order valence-corrected chi connectivity index (χ0v) is 12.5. The summed E-state index contributed by atoms with van der Waals surface area (Å²) in [5.41, 5.74) is 2.41. The summed E-state index contributed by atoms with van der Waals surface area (Å²) in [5, 5.41) is 9.48. The van der Waals surface area contributed by atoms with E-state index in [1.165, 1.54) is 29.9 Å². The van der Waals surface area contributed by atoms with E-state index in [1.54, 1.807) is 0 Å². The van der Waals surface area contributed by atoms with Crippen molar-refractivity contribution in [3.8, 4) is 0 Å². The third-order valence-corrected chi connectivity index (χ3v) is 4.96. The highest BCUT2D eigenvalue weighted by atomic mass is 35.5. The summed E-state index contributed by atoms with van der Waals surface area (Å²) >= 11 is 8.40. The molecule has 2 rings (SSSR count). The number of carboxylic acids is 1. The van der Waals surface area contributed by atoms with Crippen LogP contribution in [0.15, 0.2) is 18.2 Å². The van der Waals surface area contributed by atoms with Crippen LogP contribution in [0.4, 0.5) is 0 Å². The molecule has 104 valence electrons. The smallest absolute Gasteiger partial charge is 0.303 e. The topological polar surface area (TPSA) is 37.3 Å². The highest BCUT2D eigenvalue weighted by Gasteiger charge is 2.18. The minimum atomic E-state index is -0.734. The van der Waals surface area contributed by atoms with Gasteiger partial charge < -0.3 is 5.11 Å². The monoisotopic (exact) mass is 298 g/mol. The van der Waals surface area contributed by atoms with Crippen molar-refractivity contribution in [1.82, 2.24) is 0 Å². The number of halogens is 1. The van der Waals surface area contributed by atoms with E-state index in [0.29, 0.717) is 12.3 Å². The molecule has 1 aromatic carbocycles. The zero-order valence-electron chi connectivity index (χ0n) is 10.9. The fourth-order valence-corrected chi connectivity index (χ4v) is 3.97. The van der Waals surface area contributed by atoms with Crippen molar-refractivity contribution in [1.29, 1.82) is 0 Å². The third kappa shape index (κ3) is 4.43. The average Bonchev–Trinajstić information content (AvgIpc) is 2.39. The first kappa shape index (κ1) is 14.7. The Morgan fingerprint density at radius 2 is 2.11 bits per heavy atom. The second kappa shape index (κ2) is 7.20. The molecule has 0 unspecified atom stereocenters. The Morgan fingerprint density at radius 3 is 2.74 bits per heavy atom. The van der Waals surface area contributed by atoms with Gasteiger partial charge in [0.25, 0.3) is 0 Å². The Kier molecular flexibility index (Phi) is 5.59. The number of thioether (sulfide) groups is 1. The van der Waals surface area contributed by atoms with E-state index in [-0.39, 0.29) is 6.42 Å². The Labute approximate surface area is 123 Å². The Bertz CT molecular complexity index is 442. The standard InChI is InChI=1S/C15H19ClO2S/c16-14-10-11(2-1-3-15(17)18)4-5-13(14)12-6-8-19-9-7-12/h4-5,10,12H,1-3,6-9H2,(H,17,18). The van der Waals surface area contributed by atoms with Crippen molar-refractivity contribution in [2.24, 2.45) is 0 Å². The molecule has 1 aromatic rings. The van der Waals surface area contributed by atoms with Crippen LogP contribution in [0.3, 0.4) is 0 Å². The van der Waals surface area contributed by atoms with Gasteiger partial charge in [-0.15, -0.1) is 0 Å². The maximum absolute atomic E-state index is 10.5. The van der Waals surface area contributed by atoms with Crippen molar-refractivity contribution in [3.63, 3.8) is 0 Å². The van der Waals surface area contributed by atoms with Gasteiger partial charge in [0.2, 0.25) is 0 Å². The van der Waals surface area contributed by atoms with Crippen LogP contribution in [0.5, 0.6) is 0 Å². The number of carboxylic acid groups (broad SMARTS) is 1. The summed E-state index contributed by atoms with van der Waals surface area (Å²) in [6.45, 7) is 0. The van der Waals surface area contributed by atoms with Crippen LogP contribution in [0.1, 0.15) is 42.7 Å². The molecule has 1 heterocycles. The number of benzene rings is 1. The molecule has 2 nitrogen and oxygen atoms in total. The summed E-state index contributed by atoms with van der Waals surface area (Å²) in [7, 11) is 0. The fourth-order valence-electron chi connectivity index (χ4n) is 2.51. The van der Waals surface area contributed by atoms with Crippen LogP contribution in [0, 0.1) is 0 Å². The molecule has 0 radical (unpaired) electrons. The van der Waals surface area contributed by atoms with Gasteiger partial charge in [-0.2, -0.15) is 11.8 Å². The largest absolute Gasteiger partial charge is 0.481 e. The van der Waals surface area contributed by atoms with E-state index in [4.69, 9.17) is 16.7 Å². The van der Waals surface area contributed by atoms with Crippen molar-refractivity contribution >= 4 is 29.3 Å². The molecule has 1 N–H and O–H groups in total. The van der Waals surface area contributed by atoms with E-state index in [2.05, 4.69) is 12.1 Å². The predicted molar refractivity (Wildman–Crippen MR) is 81.3 cm³/mol. The molecule has 0 spiro atoms. The number of hydrogen-bond donors (Lipinski definition) is 1. The molecular weight excluding hydrogens is 280 g/mol. The molecule has 1 aliphatic heterocycles. The van der Waals surface area contributed by atoms with Crippen molar-refractivity contribution in [2.75, 3.05) is 11.5 Å². The minimum Gasteiger partial charge on any atom is -0.481 e. The van der Waals surface area contributed by atoms with Gasteiger partial charge in [-0.25, -0.2) is 0 Å². The van der Waals surface area contributed by atoms with Gasteiger partial charge in [-0.3, -0.25) is 4.79 Å². The summed E-state index contributed by atoms with van der Waals surface area (Å²) in [4.78, 5) is 10.5. The second-order valence-electron chi connectivity index (χ2n) is 4.99. The quantitative estimate of drug-likeness (QED) is 0.877. The Balaban J connectivity index is 1.98. The molecule has 0 bridgehead atoms. The first-order chi connectivity index (χ1) is 9.16. The van der Waals surface area contributed by atoms with Crippen molar-refractivity contribution < 1.29 is 9.90 Å². The molecular formula is C15H19ClO2S. The van der Waals surface area contributed by atoms with Crippen LogP contribution in [0.2, 0.25) is 5.02 Å². The van der Waals surface area contributed by atoms with Gasteiger partial charge in [0.05, 0.1) is 0 Å². The van der Waals surface area contributed by atoms with Gasteiger partial charge in [-0.05, 0) is 60.3 Å². The Hall–Kier alpha value is -0.670. The first-order valence-electron chi connectivity index (χ1n) is 6.74. The summed E-state index contributed by atoms with van der Waals surface area (Å²) in [5.74, 6) is 2.31. The lowest BCUT2D eigenvalue weighted by molar-refractivity contribution is -0.137. The number of aryl methyl sites for hydroxylation is 1. The van der Waals surface area contributed by atoms with Crippen LogP contribution in [-0.4, -0.2) is 22.6 Å². The maximum atomic E-state index is 10.5. The van der Waals surface area contributed by atoms with Crippen molar-refractivity contribution in [3.05, 3.63) is 34.3 Å². The summed E-state index contributed by atoms with van der Waals surface area (Å²) < 4.78 is 0. The minimum absolute atomic E-state index is 0.221. The van der Waals surface area contributed by atoms with Gasteiger partial charge in [0.15, 0.2) is 0 Å². The molecule has 0 aromatic heterocycles. The first-order valence-corrected chi connectivity index (χ1v) is 8.28. The lowest BCUT2D eigenvalue weighted by Crippen LogP contribution is -2.08. The molecule has 1 aliphatic rings. The van der Waals surface area contributed by atoms with E-state index in [1.807, 2.05) is 17.8 Å². The highest BCUT2D eigenvalue weighted by Crippen LogP contribution is 2.35.